The molecule has 1 aromatic rings. The maximum atomic E-state index is 12.1. The van der Waals surface area contributed by atoms with E-state index in [2.05, 4.69) is 5.32 Å². The molecule has 1 aliphatic rings. The summed E-state index contributed by atoms with van der Waals surface area (Å²) in [5.74, 6) is 0.260. The highest BCUT2D eigenvalue weighted by atomic mass is 19.4. The summed E-state index contributed by atoms with van der Waals surface area (Å²) >= 11 is 0. The minimum atomic E-state index is -4.32. The average molecular weight is 305 g/mol. The third-order valence-electron chi connectivity index (χ3n) is 3.55. The number of carbonyl (C=O) groups is 1. The van der Waals surface area contributed by atoms with Gasteiger partial charge in [0.25, 0.3) is 5.91 Å². The third kappa shape index (κ3) is 4.77. The fourth-order valence-corrected chi connectivity index (χ4v) is 2.52. The van der Waals surface area contributed by atoms with Crippen molar-refractivity contribution in [3.05, 3.63) is 23.7 Å². The van der Waals surface area contributed by atoms with E-state index in [1.807, 2.05) is 0 Å². The second kappa shape index (κ2) is 6.51. The maximum Gasteiger partial charge on any atom is 0.411 e. The van der Waals surface area contributed by atoms with Gasteiger partial charge < -0.3 is 14.5 Å². The molecule has 0 radical (unpaired) electrons. The lowest BCUT2D eigenvalue weighted by molar-refractivity contribution is -0.188. The molecule has 0 unspecified atom stereocenters. The van der Waals surface area contributed by atoms with Gasteiger partial charge in [-0.05, 0) is 38.7 Å². The first-order valence-electron chi connectivity index (χ1n) is 6.88. The molecule has 0 bridgehead atoms. The number of halogens is 3. The van der Waals surface area contributed by atoms with Crippen LogP contribution in [0.4, 0.5) is 13.2 Å². The number of carbonyl (C=O) groups excluding carboxylic acids is 1. The van der Waals surface area contributed by atoms with Crippen molar-refractivity contribution in [3.63, 3.8) is 0 Å². The molecule has 21 heavy (non-hydrogen) atoms. The topological polar surface area (TPSA) is 51.5 Å². The molecule has 2 atom stereocenters. The highest BCUT2D eigenvalue weighted by molar-refractivity contribution is 5.95. The van der Waals surface area contributed by atoms with Gasteiger partial charge >= 0.3 is 6.18 Å². The first-order valence-corrected chi connectivity index (χ1v) is 6.88. The lowest BCUT2D eigenvalue weighted by atomic mass is 9.92. The number of furan rings is 1. The number of amides is 1. The summed E-state index contributed by atoms with van der Waals surface area (Å²) in [4.78, 5) is 12.0. The predicted molar refractivity (Wildman–Crippen MR) is 69.0 cm³/mol. The minimum Gasteiger partial charge on any atom is -0.469 e. The number of nitrogens with one attached hydrogen (secondary N) is 1. The van der Waals surface area contributed by atoms with E-state index in [9.17, 15) is 18.0 Å². The van der Waals surface area contributed by atoms with Gasteiger partial charge in [-0.3, -0.25) is 4.79 Å². The van der Waals surface area contributed by atoms with Gasteiger partial charge in [0.1, 0.15) is 12.4 Å². The van der Waals surface area contributed by atoms with Gasteiger partial charge in [0.15, 0.2) is 0 Å². The average Bonchev–Trinajstić information content (AvgIpc) is 2.82. The molecule has 118 valence electrons. The van der Waals surface area contributed by atoms with E-state index < -0.39 is 18.9 Å². The minimum absolute atomic E-state index is 0.168. The van der Waals surface area contributed by atoms with Crippen LogP contribution in [-0.2, 0) is 4.74 Å². The quantitative estimate of drug-likeness (QED) is 0.929. The number of aryl methyl sites for hydroxylation is 1. The molecule has 1 heterocycles. The standard InChI is InChI=1S/C14H18F3NO3/c1-9-12(5-6-20-9)13(19)18-10-3-2-4-11(7-10)21-8-14(15,16)17/h5-6,10-11H,2-4,7-8H2,1H3,(H,18,19)/t10-,11-/m0/s1. The van der Waals surface area contributed by atoms with Crippen molar-refractivity contribution in [3.8, 4) is 0 Å². The molecule has 1 saturated carbocycles. The molecule has 4 nitrogen and oxygen atoms in total. The molecular formula is C14H18F3NO3. The molecule has 1 aliphatic carbocycles. The van der Waals surface area contributed by atoms with Crippen LogP contribution >= 0.6 is 0 Å². The molecule has 1 N–H and O–H groups in total. The summed E-state index contributed by atoms with van der Waals surface area (Å²) in [7, 11) is 0. The molecule has 1 amide bonds. The van der Waals surface area contributed by atoms with Crippen molar-refractivity contribution in [1.82, 2.24) is 5.32 Å². The number of rotatable bonds is 4. The molecule has 1 fully saturated rings. The van der Waals surface area contributed by atoms with Crippen LogP contribution in [0.3, 0.4) is 0 Å². The lowest BCUT2D eigenvalue weighted by Crippen LogP contribution is -2.41. The Kier molecular flexibility index (Phi) is 4.92. The number of hydrogen-bond donors (Lipinski definition) is 1. The summed E-state index contributed by atoms with van der Waals surface area (Å²) in [6.45, 7) is 0.449. The SMILES string of the molecule is Cc1occc1C(=O)N[C@H]1CCC[C@H](OCC(F)(F)F)C1. The Morgan fingerprint density at radius 2 is 2.24 bits per heavy atom. The summed E-state index contributed by atoms with van der Waals surface area (Å²) in [5, 5.41) is 2.83. The molecule has 1 aromatic heterocycles. The fraction of sp³-hybridized carbons (Fsp3) is 0.643. The van der Waals surface area contributed by atoms with Gasteiger partial charge in [-0.25, -0.2) is 0 Å². The summed E-state index contributed by atoms with van der Waals surface area (Å²) in [6, 6.07) is 1.41. The van der Waals surface area contributed by atoms with Crippen LogP contribution < -0.4 is 5.32 Å². The Morgan fingerprint density at radius 1 is 1.48 bits per heavy atom. The Bertz CT molecular complexity index is 484. The second-order valence-corrected chi connectivity index (χ2v) is 5.28. The van der Waals surface area contributed by atoms with E-state index in [4.69, 9.17) is 9.15 Å². The highest BCUT2D eigenvalue weighted by Gasteiger charge is 2.31. The van der Waals surface area contributed by atoms with E-state index in [-0.39, 0.29) is 11.9 Å². The zero-order valence-corrected chi connectivity index (χ0v) is 11.7. The summed E-state index contributed by atoms with van der Waals surface area (Å²) in [6.07, 6.45) is -0.876. The Hall–Kier alpha value is -1.50. The monoisotopic (exact) mass is 305 g/mol. The smallest absolute Gasteiger partial charge is 0.411 e. The summed E-state index contributed by atoms with van der Waals surface area (Å²) < 4.78 is 46.4. The van der Waals surface area contributed by atoms with Gasteiger partial charge in [-0.15, -0.1) is 0 Å². The third-order valence-corrected chi connectivity index (χ3v) is 3.55. The predicted octanol–water partition coefficient (Wildman–Crippen LogP) is 3.21. The van der Waals surface area contributed by atoms with Gasteiger partial charge in [-0.2, -0.15) is 13.2 Å². The van der Waals surface area contributed by atoms with Gasteiger partial charge in [0.2, 0.25) is 0 Å². The van der Waals surface area contributed by atoms with Crippen LogP contribution in [0.25, 0.3) is 0 Å². The van der Waals surface area contributed by atoms with Crippen molar-refractivity contribution >= 4 is 5.91 Å². The van der Waals surface area contributed by atoms with Crippen LogP contribution in [0.5, 0.6) is 0 Å². The van der Waals surface area contributed by atoms with E-state index >= 15 is 0 Å². The molecule has 7 heteroatoms. The zero-order valence-electron chi connectivity index (χ0n) is 11.7. The molecule has 0 saturated heterocycles. The second-order valence-electron chi connectivity index (χ2n) is 5.28. The van der Waals surface area contributed by atoms with Crippen LogP contribution in [0.2, 0.25) is 0 Å². The normalized spacial score (nSPS) is 23.0. The van der Waals surface area contributed by atoms with Crippen LogP contribution in [-0.4, -0.2) is 30.8 Å². The highest BCUT2D eigenvalue weighted by Crippen LogP contribution is 2.24. The van der Waals surface area contributed by atoms with Crippen LogP contribution in [0, 0.1) is 6.92 Å². The van der Waals surface area contributed by atoms with Crippen molar-refractivity contribution in [2.24, 2.45) is 0 Å². The molecule has 2 rings (SSSR count). The van der Waals surface area contributed by atoms with Crippen molar-refractivity contribution in [2.45, 2.75) is 50.9 Å². The van der Waals surface area contributed by atoms with E-state index in [1.54, 1.807) is 13.0 Å². The first-order chi connectivity index (χ1) is 9.85. The van der Waals surface area contributed by atoms with Crippen molar-refractivity contribution in [2.75, 3.05) is 6.61 Å². The molecule has 0 spiro atoms. The fourth-order valence-electron chi connectivity index (χ4n) is 2.52. The summed E-state index contributed by atoms with van der Waals surface area (Å²) in [5.41, 5.74) is 0.452. The van der Waals surface area contributed by atoms with Crippen LogP contribution in [0.15, 0.2) is 16.7 Å². The Balaban J connectivity index is 1.84. The zero-order chi connectivity index (χ0) is 15.5. The van der Waals surface area contributed by atoms with E-state index in [0.717, 1.165) is 12.8 Å². The van der Waals surface area contributed by atoms with Gasteiger partial charge in [0.05, 0.1) is 17.9 Å². The Morgan fingerprint density at radius 3 is 2.86 bits per heavy atom. The van der Waals surface area contributed by atoms with Crippen LogP contribution in [0.1, 0.15) is 41.8 Å². The first kappa shape index (κ1) is 15.9. The Labute approximate surface area is 120 Å². The molecule has 0 aliphatic heterocycles. The maximum absolute atomic E-state index is 12.1. The van der Waals surface area contributed by atoms with Crippen molar-refractivity contribution < 1.29 is 27.1 Å². The van der Waals surface area contributed by atoms with E-state index in [1.165, 1.54) is 6.26 Å². The largest absolute Gasteiger partial charge is 0.469 e. The van der Waals surface area contributed by atoms with E-state index in [0.29, 0.717) is 24.2 Å². The number of hydrogen-bond acceptors (Lipinski definition) is 3. The van der Waals surface area contributed by atoms with Gasteiger partial charge in [-0.1, -0.05) is 0 Å². The van der Waals surface area contributed by atoms with Crippen molar-refractivity contribution in [1.29, 1.82) is 0 Å². The lowest BCUT2D eigenvalue weighted by Gasteiger charge is -2.30. The molecular weight excluding hydrogens is 287 g/mol. The number of ether oxygens (including phenoxy) is 1. The number of alkyl halides is 3. The van der Waals surface area contributed by atoms with Gasteiger partial charge in [0, 0.05) is 6.04 Å². The molecule has 0 aromatic carbocycles.